The number of carboxylic acids is 1. The average Bonchev–Trinajstić information content (AvgIpc) is 3.16. The third-order valence-electron chi connectivity index (χ3n) is 6.00. The maximum Gasteiger partial charge on any atom is 0.307 e. The van der Waals surface area contributed by atoms with Crippen LogP contribution in [-0.4, -0.2) is 41.8 Å². The maximum atomic E-state index is 13.2. The Hall–Kier alpha value is -2.28. The molecule has 0 bridgehead atoms. The van der Waals surface area contributed by atoms with Gasteiger partial charge in [0.1, 0.15) is 0 Å². The lowest BCUT2D eigenvalue weighted by Gasteiger charge is -2.36. The molecule has 2 atom stereocenters. The first-order valence-electron chi connectivity index (χ1n) is 9.77. The Labute approximate surface area is 166 Å². The number of fused-ring (bicyclic) bond motifs is 3. The summed E-state index contributed by atoms with van der Waals surface area (Å²) in [6, 6.07) is 11.7. The number of nitrogens with zero attached hydrogens (tertiary/aromatic N) is 1. The highest BCUT2D eigenvalue weighted by atomic mass is 32.1. The molecule has 5 nitrogen and oxygen atoms in total. The van der Waals surface area contributed by atoms with Crippen LogP contribution < -0.4 is 10.7 Å². The van der Waals surface area contributed by atoms with Crippen LogP contribution in [0, 0.1) is 0 Å². The molecule has 0 aliphatic carbocycles. The third kappa shape index (κ3) is 3.11. The molecule has 2 aliphatic rings. The first kappa shape index (κ1) is 17.8. The van der Waals surface area contributed by atoms with Crippen molar-refractivity contribution in [3.05, 3.63) is 57.7 Å². The Morgan fingerprint density at radius 3 is 2.79 bits per heavy atom. The molecule has 5 rings (SSSR count). The number of hydrogen-bond acceptors (Lipinski definition) is 5. The van der Waals surface area contributed by atoms with Crippen molar-refractivity contribution in [2.24, 2.45) is 0 Å². The number of nitrogens with one attached hydrogen (secondary N) is 1. The second kappa shape index (κ2) is 6.95. The number of hydrogen-bond donors (Lipinski definition) is 2. The first-order valence-corrected chi connectivity index (χ1v) is 10.6. The summed E-state index contributed by atoms with van der Waals surface area (Å²) < 4.78 is 1.88. The molecule has 0 spiro atoms. The number of carbonyl (C=O) groups is 1. The van der Waals surface area contributed by atoms with E-state index in [1.807, 2.05) is 6.07 Å². The van der Waals surface area contributed by atoms with Crippen LogP contribution in [0.3, 0.4) is 0 Å². The lowest BCUT2D eigenvalue weighted by Crippen LogP contribution is -2.50. The zero-order valence-electron chi connectivity index (χ0n) is 15.5. The van der Waals surface area contributed by atoms with Gasteiger partial charge in [0.25, 0.3) is 0 Å². The van der Waals surface area contributed by atoms with Crippen molar-refractivity contribution in [2.45, 2.75) is 31.3 Å². The van der Waals surface area contributed by atoms with Gasteiger partial charge in [-0.1, -0.05) is 12.1 Å². The molecule has 2 fully saturated rings. The molecule has 3 heterocycles. The number of rotatable bonds is 3. The highest BCUT2D eigenvalue weighted by molar-refractivity contribution is 7.24. The van der Waals surface area contributed by atoms with Crippen LogP contribution in [0.1, 0.15) is 29.9 Å². The number of carboxylic acid groups (broad SMARTS) is 1. The highest BCUT2D eigenvalue weighted by Gasteiger charge is 2.31. The molecule has 28 heavy (non-hydrogen) atoms. The first-order chi connectivity index (χ1) is 13.6. The van der Waals surface area contributed by atoms with Gasteiger partial charge in [0.2, 0.25) is 0 Å². The zero-order chi connectivity index (χ0) is 19.3. The predicted molar refractivity (Wildman–Crippen MR) is 112 cm³/mol. The fourth-order valence-electron chi connectivity index (χ4n) is 4.58. The molecule has 2 aliphatic heterocycles. The molecule has 6 heteroatoms. The lowest BCUT2D eigenvalue weighted by molar-refractivity contribution is -0.136. The summed E-state index contributed by atoms with van der Waals surface area (Å²) in [6.45, 7) is 3.13. The third-order valence-corrected chi connectivity index (χ3v) is 7.15. The van der Waals surface area contributed by atoms with Crippen LogP contribution >= 0.6 is 11.3 Å². The van der Waals surface area contributed by atoms with Crippen LogP contribution in [0.4, 0.5) is 0 Å². The lowest BCUT2D eigenvalue weighted by atomic mass is 9.95. The van der Waals surface area contributed by atoms with Crippen molar-refractivity contribution >= 4 is 37.5 Å². The number of aliphatic carboxylic acids is 1. The summed E-state index contributed by atoms with van der Waals surface area (Å²) in [6.07, 6.45) is 2.93. The smallest absolute Gasteiger partial charge is 0.307 e. The minimum absolute atomic E-state index is 0.000608. The zero-order valence-corrected chi connectivity index (χ0v) is 16.3. The summed E-state index contributed by atoms with van der Waals surface area (Å²) in [5.41, 5.74) is 1.87. The van der Waals surface area contributed by atoms with Gasteiger partial charge in [0, 0.05) is 39.2 Å². The van der Waals surface area contributed by atoms with E-state index >= 15 is 0 Å². The van der Waals surface area contributed by atoms with E-state index in [9.17, 15) is 9.59 Å². The van der Waals surface area contributed by atoms with Gasteiger partial charge in [0.05, 0.1) is 12.6 Å². The van der Waals surface area contributed by atoms with Crippen LogP contribution in [0.5, 0.6) is 0 Å². The Kier molecular flexibility index (Phi) is 4.42. The fraction of sp³-hybridized carbons (Fsp3) is 0.364. The Morgan fingerprint density at radius 1 is 1.18 bits per heavy atom. The van der Waals surface area contributed by atoms with Crippen LogP contribution in [-0.2, 0) is 11.2 Å². The quantitative estimate of drug-likeness (QED) is 0.668. The summed E-state index contributed by atoms with van der Waals surface area (Å²) in [4.78, 5) is 26.7. The van der Waals surface area contributed by atoms with E-state index in [2.05, 4.69) is 28.4 Å². The standard InChI is InChI=1S/C22H22N2O3S/c25-21(26)9-13-3-5-18-16(8-13)22(27)17-10-14(4-6-19(17)28-18)15-11-23-20-2-1-7-24(20)12-15/h3-6,8,10,15,20,23H,1-2,7,9,11-12H2,(H,25,26). The van der Waals surface area contributed by atoms with Crippen LogP contribution in [0.2, 0.25) is 0 Å². The second-order valence-electron chi connectivity index (χ2n) is 7.85. The van der Waals surface area contributed by atoms with Crippen molar-refractivity contribution in [1.82, 2.24) is 10.2 Å². The molecule has 2 aromatic carbocycles. The molecule has 2 unspecified atom stereocenters. The van der Waals surface area contributed by atoms with Crippen molar-refractivity contribution in [2.75, 3.05) is 19.6 Å². The summed E-state index contributed by atoms with van der Waals surface area (Å²) >= 11 is 1.59. The topological polar surface area (TPSA) is 69.6 Å². The maximum absolute atomic E-state index is 13.2. The molecule has 0 saturated carbocycles. The molecular weight excluding hydrogens is 372 g/mol. The number of benzene rings is 2. The van der Waals surface area contributed by atoms with E-state index in [4.69, 9.17) is 5.11 Å². The van der Waals surface area contributed by atoms with Gasteiger partial charge in [-0.3, -0.25) is 14.5 Å². The Balaban J connectivity index is 1.56. The van der Waals surface area contributed by atoms with E-state index in [0.717, 1.165) is 34.4 Å². The molecule has 0 amide bonds. The van der Waals surface area contributed by atoms with Crippen molar-refractivity contribution < 1.29 is 9.90 Å². The highest BCUT2D eigenvalue weighted by Crippen LogP contribution is 2.31. The van der Waals surface area contributed by atoms with Crippen molar-refractivity contribution in [3.8, 4) is 0 Å². The summed E-state index contributed by atoms with van der Waals surface area (Å²) in [7, 11) is 0. The van der Waals surface area contributed by atoms with Gasteiger partial charge in [-0.25, -0.2) is 0 Å². The van der Waals surface area contributed by atoms with E-state index in [1.165, 1.54) is 18.4 Å². The molecule has 3 aromatic rings. The monoisotopic (exact) mass is 394 g/mol. The largest absolute Gasteiger partial charge is 0.481 e. The Bertz CT molecular complexity index is 1140. The summed E-state index contributed by atoms with van der Waals surface area (Å²) in [5.74, 6) is -0.499. The van der Waals surface area contributed by atoms with E-state index in [-0.39, 0.29) is 11.8 Å². The summed E-state index contributed by atoms with van der Waals surface area (Å²) in [5, 5.41) is 14.0. The average molecular weight is 394 g/mol. The molecule has 144 valence electrons. The molecular formula is C22H22N2O3S. The van der Waals surface area contributed by atoms with Gasteiger partial charge in [0.15, 0.2) is 5.43 Å². The SMILES string of the molecule is O=C(O)Cc1ccc2sc3ccc(C4CNC5CCCN5C4)cc3c(=O)c2c1. The van der Waals surface area contributed by atoms with Gasteiger partial charge >= 0.3 is 5.97 Å². The molecule has 1 aromatic heterocycles. The van der Waals surface area contributed by atoms with Gasteiger partial charge in [-0.15, -0.1) is 11.3 Å². The minimum Gasteiger partial charge on any atom is -0.481 e. The van der Waals surface area contributed by atoms with Crippen molar-refractivity contribution in [1.29, 1.82) is 0 Å². The molecule has 2 N–H and O–H groups in total. The van der Waals surface area contributed by atoms with Crippen molar-refractivity contribution in [3.63, 3.8) is 0 Å². The molecule has 0 radical (unpaired) electrons. The Morgan fingerprint density at radius 2 is 1.96 bits per heavy atom. The van der Waals surface area contributed by atoms with Gasteiger partial charge in [-0.2, -0.15) is 0 Å². The van der Waals surface area contributed by atoms with E-state index < -0.39 is 5.97 Å². The normalized spacial score (nSPS) is 22.6. The van der Waals surface area contributed by atoms with E-state index in [1.54, 1.807) is 23.5 Å². The fourth-order valence-corrected chi connectivity index (χ4v) is 5.62. The van der Waals surface area contributed by atoms with Crippen LogP contribution in [0.15, 0.2) is 41.2 Å². The van der Waals surface area contributed by atoms with Crippen LogP contribution in [0.25, 0.3) is 20.2 Å². The molecule has 2 saturated heterocycles. The second-order valence-corrected chi connectivity index (χ2v) is 8.93. The van der Waals surface area contributed by atoms with Gasteiger partial charge in [-0.05, 0) is 54.8 Å². The van der Waals surface area contributed by atoms with E-state index in [0.29, 0.717) is 23.0 Å². The predicted octanol–water partition coefficient (Wildman–Crippen LogP) is 3.15. The van der Waals surface area contributed by atoms with Gasteiger partial charge < -0.3 is 10.4 Å². The minimum atomic E-state index is -0.886.